The van der Waals surface area contributed by atoms with Gasteiger partial charge in [0.2, 0.25) is 5.95 Å². The predicted octanol–water partition coefficient (Wildman–Crippen LogP) is 2.67. The van der Waals surface area contributed by atoms with Crippen LogP contribution in [0.1, 0.15) is 12.8 Å². The van der Waals surface area contributed by atoms with Crippen LogP contribution in [0.5, 0.6) is 5.75 Å². The molecule has 3 heterocycles. The van der Waals surface area contributed by atoms with Crippen molar-refractivity contribution in [3.05, 3.63) is 36.8 Å². The molecule has 29 heavy (non-hydrogen) atoms. The quantitative estimate of drug-likeness (QED) is 0.578. The Morgan fingerprint density at radius 1 is 1.07 bits per heavy atom. The number of H-pyrrole nitrogens is 1. The zero-order valence-electron chi connectivity index (χ0n) is 15.7. The van der Waals surface area contributed by atoms with E-state index in [1.165, 1.54) is 12.8 Å². The fourth-order valence-corrected chi connectivity index (χ4v) is 3.65. The van der Waals surface area contributed by atoms with Crippen LogP contribution in [-0.2, 0) is 0 Å². The van der Waals surface area contributed by atoms with Crippen molar-refractivity contribution in [1.82, 2.24) is 30.7 Å². The lowest BCUT2D eigenvalue weighted by Crippen LogP contribution is -2.52. The maximum Gasteiger partial charge on any atom is 0.245 e. The molecule has 2 fully saturated rings. The Bertz CT molecular complexity index is 932. The highest BCUT2D eigenvalue weighted by molar-refractivity contribution is 5.85. The van der Waals surface area contributed by atoms with Crippen LogP contribution in [-0.4, -0.2) is 56.2 Å². The highest BCUT2D eigenvalue weighted by Crippen LogP contribution is 2.34. The van der Waals surface area contributed by atoms with Gasteiger partial charge in [-0.25, -0.2) is 4.98 Å². The number of rotatable bonds is 4. The third kappa shape index (κ3) is 4.44. The maximum atomic E-state index is 10.4. The first-order chi connectivity index (χ1) is 13.3. The van der Waals surface area contributed by atoms with E-state index in [0.29, 0.717) is 23.2 Å². The van der Waals surface area contributed by atoms with E-state index in [1.807, 2.05) is 12.1 Å². The van der Waals surface area contributed by atoms with E-state index < -0.39 is 0 Å². The summed E-state index contributed by atoms with van der Waals surface area (Å²) in [5, 5.41) is 29.3. The van der Waals surface area contributed by atoms with Crippen LogP contribution < -0.4 is 10.2 Å². The molecule has 0 spiro atoms. The van der Waals surface area contributed by atoms with Crippen molar-refractivity contribution in [2.24, 2.45) is 5.92 Å². The van der Waals surface area contributed by atoms with Gasteiger partial charge in [0.25, 0.3) is 0 Å². The molecule has 1 saturated heterocycles. The number of nitrogens with one attached hydrogen (secondary N) is 2. The van der Waals surface area contributed by atoms with Crippen LogP contribution in [0, 0.1) is 5.92 Å². The van der Waals surface area contributed by atoms with Crippen molar-refractivity contribution in [3.8, 4) is 28.1 Å². The highest BCUT2D eigenvalue weighted by Gasteiger charge is 2.34. The first-order valence-electron chi connectivity index (χ1n) is 9.28. The molecule has 154 valence electrons. The summed E-state index contributed by atoms with van der Waals surface area (Å²) < 4.78 is 0. The molecule has 0 bridgehead atoms. The summed E-state index contributed by atoms with van der Waals surface area (Å²) in [6, 6.07) is 5.98. The Morgan fingerprint density at radius 2 is 1.93 bits per heavy atom. The number of aromatic hydroxyl groups is 1. The number of hydrogen-bond acceptors (Lipinski definition) is 7. The van der Waals surface area contributed by atoms with E-state index in [1.54, 1.807) is 24.7 Å². The average molecular weight is 436 g/mol. The number of piperazine rings is 1. The summed E-state index contributed by atoms with van der Waals surface area (Å²) in [4.78, 5) is 6.70. The van der Waals surface area contributed by atoms with Crippen LogP contribution in [0.4, 0.5) is 5.95 Å². The normalized spacial score (nSPS) is 18.6. The molecule has 1 aliphatic carbocycles. The molecule has 0 radical (unpaired) electrons. The highest BCUT2D eigenvalue weighted by atomic mass is 35.5. The van der Waals surface area contributed by atoms with Gasteiger partial charge < -0.3 is 15.3 Å². The minimum Gasteiger partial charge on any atom is -0.507 e. The largest absolute Gasteiger partial charge is 0.507 e. The third-order valence-electron chi connectivity index (χ3n) is 5.33. The van der Waals surface area contributed by atoms with Crippen molar-refractivity contribution in [3.63, 3.8) is 0 Å². The molecule has 2 aromatic heterocycles. The number of phenols is 1. The standard InChI is InChI=1S/C19H21N7O.2ClH/c27-18-7-13(14-8-22-23-9-14)3-4-15(18)16-10-21-19(25-24-16)26-6-5-20-17(11-26)12-1-2-12;;/h3-4,7-10,12,17,20,27H,1-2,5-6,11H2,(H,22,23);2*1H/t17-;;/m0../s1. The van der Waals surface area contributed by atoms with E-state index in [0.717, 1.165) is 36.7 Å². The van der Waals surface area contributed by atoms with E-state index in [-0.39, 0.29) is 30.6 Å². The van der Waals surface area contributed by atoms with Crippen LogP contribution in [0.15, 0.2) is 36.8 Å². The Balaban J connectivity index is 0.00000120. The number of benzene rings is 1. The molecule has 10 heteroatoms. The van der Waals surface area contributed by atoms with Crippen LogP contribution in [0.25, 0.3) is 22.4 Å². The minimum atomic E-state index is 0. The number of aromatic nitrogens is 5. The topological polar surface area (TPSA) is 103 Å². The van der Waals surface area contributed by atoms with Gasteiger partial charge in [-0.1, -0.05) is 6.07 Å². The predicted molar refractivity (Wildman–Crippen MR) is 116 cm³/mol. The molecule has 0 amide bonds. The van der Waals surface area contributed by atoms with Gasteiger partial charge >= 0.3 is 0 Å². The van der Waals surface area contributed by atoms with Gasteiger partial charge in [0, 0.05) is 43.0 Å². The fraction of sp³-hybridized carbons (Fsp3) is 0.368. The number of aromatic amines is 1. The molecular weight excluding hydrogens is 413 g/mol. The van der Waals surface area contributed by atoms with Gasteiger partial charge in [0.1, 0.15) is 11.4 Å². The van der Waals surface area contributed by atoms with Gasteiger partial charge in [-0.15, -0.1) is 35.0 Å². The smallest absolute Gasteiger partial charge is 0.245 e. The third-order valence-corrected chi connectivity index (χ3v) is 5.33. The number of phenolic OH excluding ortho intramolecular Hbond substituents is 1. The number of hydrogen-bond donors (Lipinski definition) is 3. The lowest BCUT2D eigenvalue weighted by atomic mass is 10.0. The monoisotopic (exact) mass is 435 g/mol. The van der Waals surface area contributed by atoms with Gasteiger partial charge in [0.05, 0.1) is 12.4 Å². The molecule has 3 aromatic rings. The molecule has 1 aliphatic heterocycles. The molecule has 0 unspecified atom stereocenters. The SMILES string of the molecule is Cl.Cl.Oc1cc(-c2cn[nH]c2)ccc1-c1cnc(N2CCN[C@H](C3CC3)C2)nn1. The lowest BCUT2D eigenvalue weighted by Gasteiger charge is -2.33. The second kappa shape index (κ2) is 8.94. The van der Waals surface area contributed by atoms with Crippen molar-refractivity contribution in [1.29, 1.82) is 0 Å². The Kier molecular flexibility index (Phi) is 6.56. The first kappa shape index (κ1) is 21.3. The Hall–Kier alpha value is -2.42. The number of halogens is 2. The minimum absolute atomic E-state index is 0. The van der Waals surface area contributed by atoms with Crippen molar-refractivity contribution >= 4 is 30.8 Å². The zero-order valence-corrected chi connectivity index (χ0v) is 17.3. The van der Waals surface area contributed by atoms with Gasteiger partial charge in [0.15, 0.2) is 0 Å². The Labute approximate surface area is 181 Å². The van der Waals surface area contributed by atoms with Crippen molar-refractivity contribution in [2.45, 2.75) is 18.9 Å². The van der Waals surface area contributed by atoms with Crippen molar-refractivity contribution in [2.75, 3.05) is 24.5 Å². The zero-order chi connectivity index (χ0) is 18.2. The summed E-state index contributed by atoms with van der Waals surface area (Å²) in [7, 11) is 0. The van der Waals surface area contributed by atoms with Crippen LogP contribution in [0.2, 0.25) is 0 Å². The van der Waals surface area contributed by atoms with E-state index in [4.69, 9.17) is 0 Å². The fourth-order valence-electron chi connectivity index (χ4n) is 3.65. The second-order valence-corrected chi connectivity index (χ2v) is 7.21. The number of nitrogens with zero attached hydrogens (tertiary/aromatic N) is 5. The molecule has 1 aromatic carbocycles. The molecule has 2 aliphatic rings. The van der Waals surface area contributed by atoms with Crippen LogP contribution >= 0.6 is 24.8 Å². The summed E-state index contributed by atoms with van der Waals surface area (Å²) >= 11 is 0. The average Bonchev–Trinajstić information content (AvgIpc) is 3.42. The van der Waals surface area contributed by atoms with Crippen molar-refractivity contribution < 1.29 is 5.11 Å². The molecule has 5 rings (SSSR count). The summed E-state index contributed by atoms with van der Waals surface area (Å²) in [5.41, 5.74) is 2.98. The molecule has 1 atom stereocenters. The molecule has 1 saturated carbocycles. The summed E-state index contributed by atoms with van der Waals surface area (Å²) in [6.07, 6.45) is 7.82. The van der Waals surface area contributed by atoms with E-state index in [2.05, 4.69) is 35.6 Å². The van der Waals surface area contributed by atoms with Gasteiger partial charge in [-0.05, 0) is 36.5 Å². The summed E-state index contributed by atoms with van der Waals surface area (Å²) in [5.74, 6) is 1.60. The number of anilines is 1. The molecular formula is C19H23Cl2N7O. The van der Waals surface area contributed by atoms with Gasteiger partial charge in [-0.2, -0.15) is 5.10 Å². The molecule has 8 nitrogen and oxygen atoms in total. The summed E-state index contributed by atoms with van der Waals surface area (Å²) in [6.45, 7) is 2.76. The lowest BCUT2D eigenvalue weighted by molar-refractivity contribution is 0.414. The Morgan fingerprint density at radius 3 is 2.59 bits per heavy atom. The van der Waals surface area contributed by atoms with Crippen LogP contribution in [0.3, 0.4) is 0 Å². The second-order valence-electron chi connectivity index (χ2n) is 7.21. The van der Waals surface area contributed by atoms with E-state index in [9.17, 15) is 5.11 Å². The van der Waals surface area contributed by atoms with Gasteiger partial charge in [-0.3, -0.25) is 5.10 Å². The maximum absolute atomic E-state index is 10.4. The first-order valence-corrected chi connectivity index (χ1v) is 9.28. The molecule has 3 N–H and O–H groups in total. The van der Waals surface area contributed by atoms with E-state index >= 15 is 0 Å².